The van der Waals surface area contributed by atoms with E-state index in [1.807, 2.05) is 12.1 Å². The number of benzene rings is 1. The van der Waals surface area contributed by atoms with Gasteiger partial charge < -0.3 is 0 Å². The molecule has 62 valence electrons. The SMILES string of the molecule is ClC1C=NCc2ccccc2S1. The quantitative estimate of drug-likeness (QED) is 0.583. The third kappa shape index (κ3) is 1.65. The molecule has 1 aromatic carbocycles. The van der Waals surface area contributed by atoms with E-state index in [0.29, 0.717) is 0 Å². The molecular formula is C9H8ClNS. The standard InChI is InChI=1S/C9H8ClNS/c10-9-6-11-5-7-3-1-2-4-8(7)12-9/h1-4,6,9H,5H2. The van der Waals surface area contributed by atoms with Crippen molar-refractivity contribution in [2.45, 2.75) is 16.1 Å². The Labute approximate surface area is 80.8 Å². The number of aliphatic imine (C=N–C) groups is 1. The van der Waals surface area contributed by atoms with Crippen molar-refractivity contribution < 1.29 is 0 Å². The molecule has 3 heteroatoms. The molecule has 1 aliphatic rings. The van der Waals surface area contributed by atoms with Crippen LogP contribution in [0.4, 0.5) is 0 Å². The van der Waals surface area contributed by atoms with Crippen molar-refractivity contribution >= 4 is 29.6 Å². The van der Waals surface area contributed by atoms with Crippen LogP contribution < -0.4 is 0 Å². The molecule has 0 radical (unpaired) electrons. The highest BCUT2D eigenvalue weighted by Gasteiger charge is 2.10. The summed E-state index contributed by atoms with van der Waals surface area (Å²) in [6.45, 7) is 0.756. The van der Waals surface area contributed by atoms with Crippen molar-refractivity contribution in [3.63, 3.8) is 0 Å². The third-order valence-electron chi connectivity index (χ3n) is 1.70. The van der Waals surface area contributed by atoms with Crippen LogP contribution >= 0.6 is 23.4 Å². The average Bonchev–Trinajstić information content (AvgIpc) is 2.25. The Hall–Kier alpha value is -0.470. The molecule has 0 fully saturated rings. The number of nitrogens with zero attached hydrogens (tertiary/aromatic N) is 1. The van der Waals surface area contributed by atoms with Crippen LogP contribution in [0.2, 0.25) is 0 Å². The predicted molar refractivity (Wildman–Crippen MR) is 54.1 cm³/mol. The number of rotatable bonds is 0. The molecule has 1 aromatic rings. The summed E-state index contributed by atoms with van der Waals surface area (Å²) in [6, 6.07) is 8.24. The number of thioether (sulfide) groups is 1. The minimum Gasteiger partial charge on any atom is -0.290 e. The van der Waals surface area contributed by atoms with E-state index in [1.165, 1.54) is 10.5 Å². The van der Waals surface area contributed by atoms with E-state index in [2.05, 4.69) is 17.1 Å². The lowest BCUT2D eigenvalue weighted by Crippen LogP contribution is -1.89. The minimum absolute atomic E-state index is 0.0198. The molecule has 0 N–H and O–H groups in total. The summed E-state index contributed by atoms with van der Waals surface area (Å²) in [4.78, 5) is 5.46. The van der Waals surface area contributed by atoms with Gasteiger partial charge in [-0.05, 0) is 11.6 Å². The third-order valence-corrected chi connectivity index (χ3v) is 3.08. The average molecular weight is 198 g/mol. The first-order valence-electron chi connectivity index (χ1n) is 3.75. The minimum atomic E-state index is -0.0198. The first kappa shape index (κ1) is 8.14. The Bertz CT molecular complexity index is 311. The first-order valence-corrected chi connectivity index (χ1v) is 5.06. The molecule has 12 heavy (non-hydrogen) atoms. The molecule has 1 atom stereocenters. The van der Waals surface area contributed by atoms with Crippen molar-refractivity contribution in [1.82, 2.24) is 0 Å². The molecule has 1 unspecified atom stereocenters. The smallest absolute Gasteiger partial charge is 0.118 e. The summed E-state index contributed by atoms with van der Waals surface area (Å²) in [5, 5.41) is 0. The Morgan fingerprint density at radius 3 is 3.17 bits per heavy atom. The first-order chi connectivity index (χ1) is 5.86. The highest BCUT2D eigenvalue weighted by molar-refractivity contribution is 8.01. The van der Waals surface area contributed by atoms with E-state index in [1.54, 1.807) is 18.0 Å². The zero-order valence-corrected chi connectivity index (χ0v) is 7.98. The van der Waals surface area contributed by atoms with E-state index in [4.69, 9.17) is 11.6 Å². The highest BCUT2D eigenvalue weighted by Crippen LogP contribution is 2.30. The second-order valence-corrected chi connectivity index (χ2v) is 4.48. The van der Waals surface area contributed by atoms with Crippen LogP contribution in [-0.4, -0.2) is 10.9 Å². The van der Waals surface area contributed by atoms with Crippen LogP contribution in [0, 0.1) is 0 Å². The largest absolute Gasteiger partial charge is 0.290 e. The monoisotopic (exact) mass is 197 g/mol. The summed E-state index contributed by atoms with van der Waals surface area (Å²) in [5.41, 5.74) is 1.27. The maximum atomic E-state index is 5.96. The summed E-state index contributed by atoms with van der Waals surface area (Å²) >= 11 is 7.61. The summed E-state index contributed by atoms with van der Waals surface area (Å²) in [6.07, 6.45) is 1.80. The molecule has 2 rings (SSSR count). The lowest BCUT2D eigenvalue weighted by molar-refractivity contribution is 1.04. The Morgan fingerprint density at radius 2 is 2.25 bits per heavy atom. The van der Waals surface area contributed by atoms with Crippen molar-refractivity contribution in [3.8, 4) is 0 Å². The van der Waals surface area contributed by atoms with Gasteiger partial charge in [0.2, 0.25) is 0 Å². The van der Waals surface area contributed by atoms with E-state index < -0.39 is 0 Å². The van der Waals surface area contributed by atoms with E-state index in [-0.39, 0.29) is 4.71 Å². The van der Waals surface area contributed by atoms with Crippen LogP contribution in [-0.2, 0) is 6.54 Å². The van der Waals surface area contributed by atoms with Crippen molar-refractivity contribution in [1.29, 1.82) is 0 Å². The van der Waals surface area contributed by atoms with Gasteiger partial charge in [-0.1, -0.05) is 18.2 Å². The maximum Gasteiger partial charge on any atom is 0.118 e. The molecule has 1 heterocycles. The second kappa shape index (κ2) is 3.50. The lowest BCUT2D eigenvalue weighted by Gasteiger charge is -2.03. The molecule has 1 aliphatic heterocycles. The Morgan fingerprint density at radius 1 is 1.42 bits per heavy atom. The van der Waals surface area contributed by atoms with Gasteiger partial charge >= 0.3 is 0 Å². The van der Waals surface area contributed by atoms with Gasteiger partial charge in [0.25, 0.3) is 0 Å². The fraction of sp³-hybridized carbons (Fsp3) is 0.222. The summed E-state index contributed by atoms with van der Waals surface area (Å²) in [5.74, 6) is 0. The predicted octanol–water partition coefficient (Wildman–Crippen LogP) is 2.93. The van der Waals surface area contributed by atoms with Crippen LogP contribution in [0.25, 0.3) is 0 Å². The van der Waals surface area contributed by atoms with Gasteiger partial charge in [0.15, 0.2) is 0 Å². The molecule has 0 bridgehead atoms. The van der Waals surface area contributed by atoms with Crippen LogP contribution in [0.5, 0.6) is 0 Å². The molecule has 0 saturated heterocycles. The normalized spacial score (nSPS) is 21.6. The number of hydrogen-bond donors (Lipinski definition) is 0. The molecular weight excluding hydrogens is 190 g/mol. The van der Waals surface area contributed by atoms with Crippen LogP contribution in [0.3, 0.4) is 0 Å². The summed E-state index contributed by atoms with van der Waals surface area (Å²) in [7, 11) is 0. The highest BCUT2D eigenvalue weighted by atomic mass is 35.5. The fourth-order valence-electron chi connectivity index (χ4n) is 1.14. The van der Waals surface area contributed by atoms with E-state index >= 15 is 0 Å². The number of halogens is 1. The summed E-state index contributed by atoms with van der Waals surface area (Å²) < 4.78 is -0.0198. The second-order valence-electron chi connectivity index (χ2n) is 2.57. The van der Waals surface area contributed by atoms with Crippen molar-refractivity contribution in [2.75, 3.05) is 0 Å². The topological polar surface area (TPSA) is 12.4 Å². The van der Waals surface area contributed by atoms with Gasteiger partial charge in [-0.15, -0.1) is 23.4 Å². The lowest BCUT2D eigenvalue weighted by atomic mass is 10.2. The number of alkyl halides is 1. The molecule has 0 saturated carbocycles. The Kier molecular flexibility index (Phi) is 2.38. The van der Waals surface area contributed by atoms with Crippen molar-refractivity contribution in [2.24, 2.45) is 4.99 Å². The van der Waals surface area contributed by atoms with Gasteiger partial charge in [-0.3, -0.25) is 4.99 Å². The molecule has 1 nitrogen and oxygen atoms in total. The van der Waals surface area contributed by atoms with Gasteiger partial charge in [0, 0.05) is 11.1 Å². The zero-order valence-electron chi connectivity index (χ0n) is 6.40. The van der Waals surface area contributed by atoms with Gasteiger partial charge in [0.05, 0.1) is 6.54 Å². The maximum absolute atomic E-state index is 5.96. The number of fused-ring (bicyclic) bond motifs is 1. The molecule has 0 aliphatic carbocycles. The van der Waals surface area contributed by atoms with Crippen LogP contribution in [0.15, 0.2) is 34.2 Å². The van der Waals surface area contributed by atoms with Crippen molar-refractivity contribution in [3.05, 3.63) is 29.8 Å². The van der Waals surface area contributed by atoms with Gasteiger partial charge in [-0.25, -0.2) is 0 Å². The van der Waals surface area contributed by atoms with Gasteiger partial charge in [0.1, 0.15) is 4.71 Å². The van der Waals surface area contributed by atoms with Gasteiger partial charge in [-0.2, -0.15) is 0 Å². The van der Waals surface area contributed by atoms with E-state index in [0.717, 1.165) is 6.54 Å². The fourth-order valence-corrected chi connectivity index (χ4v) is 2.33. The molecule has 0 spiro atoms. The van der Waals surface area contributed by atoms with E-state index in [9.17, 15) is 0 Å². The molecule has 0 aromatic heterocycles. The van der Waals surface area contributed by atoms with Crippen LogP contribution in [0.1, 0.15) is 5.56 Å². The Balaban J connectivity index is 2.38. The molecule has 0 amide bonds. The zero-order chi connectivity index (χ0) is 8.39. The number of hydrogen-bond acceptors (Lipinski definition) is 2.